The van der Waals surface area contributed by atoms with Gasteiger partial charge in [-0.2, -0.15) is 0 Å². The molecule has 1 aliphatic heterocycles. The molecular weight excluding hydrogens is 447 g/mol. The van der Waals surface area contributed by atoms with Crippen LogP contribution in [0.5, 0.6) is 5.88 Å². The van der Waals surface area contributed by atoms with Gasteiger partial charge in [0.15, 0.2) is 0 Å². The molecule has 0 saturated heterocycles. The molecule has 0 aliphatic carbocycles. The van der Waals surface area contributed by atoms with Gasteiger partial charge in [-0.3, -0.25) is 0 Å². The number of nitrogens with zero attached hydrogens (tertiary/aromatic N) is 3. The molecule has 0 fully saturated rings. The van der Waals surface area contributed by atoms with Gasteiger partial charge in [-0.25, -0.2) is 0 Å². The number of halogens is 1. The SMILES string of the molecule is CCOCC(C)Oc1ncc(C)cc1-c1nc2c(c(=O)[nH]1)=N[I-]C=2CC. The Morgan fingerprint density at radius 3 is 2.88 bits per heavy atom. The molecule has 140 valence electrons. The van der Waals surface area contributed by atoms with Crippen molar-refractivity contribution in [2.24, 2.45) is 3.21 Å². The minimum atomic E-state index is -0.493. The second kappa shape index (κ2) is 8.26. The van der Waals surface area contributed by atoms with Crippen LogP contribution in [0, 0.1) is 6.92 Å². The Kier molecular flexibility index (Phi) is 6.02. The van der Waals surface area contributed by atoms with Gasteiger partial charge in [0.25, 0.3) is 0 Å². The predicted molar refractivity (Wildman–Crippen MR) is 93.9 cm³/mol. The third-order valence-electron chi connectivity index (χ3n) is 3.80. The Morgan fingerprint density at radius 2 is 2.15 bits per heavy atom. The number of hydrogen-bond acceptors (Lipinski definition) is 6. The van der Waals surface area contributed by atoms with Crippen molar-refractivity contribution in [1.29, 1.82) is 0 Å². The van der Waals surface area contributed by atoms with Crippen molar-refractivity contribution >= 4 is 3.58 Å². The summed E-state index contributed by atoms with van der Waals surface area (Å²) in [5.74, 6) is 0.907. The van der Waals surface area contributed by atoms with Gasteiger partial charge in [-0.15, -0.1) is 0 Å². The summed E-state index contributed by atoms with van der Waals surface area (Å²) in [6.07, 6.45) is 2.44. The molecule has 1 atom stereocenters. The van der Waals surface area contributed by atoms with Crippen LogP contribution in [0.4, 0.5) is 0 Å². The van der Waals surface area contributed by atoms with Crippen LogP contribution in [-0.2, 0) is 4.74 Å². The summed E-state index contributed by atoms with van der Waals surface area (Å²) >= 11 is -0.493. The molecule has 2 aromatic rings. The second-order valence-electron chi connectivity index (χ2n) is 5.99. The van der Waals surface area contributed by atoms with Crippen molar-refractivity contribution in [1.82, 2.24) is 15.0 Å². The fourth-order valence-corrected chi connectivity index (χ4v) is 4.48. The van der Waals surface area contributed by atoms with Gasteiger partial charge < -0.3 is 0 Å². The summed E-state index contributed by atoms with van der Waals surface area (Å²) in [5, 5.41) is 1.19. The van der Waals surface area contributed by atoms with Crippen molar-refractivity contribution in [3.63, 3.8) is 0 Å². The molecule has 1 unspecified atom stereocenters. The van der Waals surface area contributed by atoms with Crippen molar-refractivity contribution in [2.45, 2.75) is 40.2 Å². The molecule has 0 amide bonds. The number of ether oxygens (including phenoxy) is 2. The van der Waals surface area contributed by atoms with Gasteiger partial charge >= 0.3 is 162 Å². The fourth-order valence-electron chi connectivity index (χ4n) is 2.55. The van der Waals surface area contributed by atoms with E-state index in [9.17, 15) is 4.79 Å². The number of nitrogens with one attached hydrogen (secondary N) is 1. The number of rotatable bonds is 7. The van der Waals surface area contributed by atoms with Gasteiger partial charge in [0, 0.05) is 0 Å². The number of fused-ring (bicyclic) bond motifs is 1. The zero-order chi connectivity index (χ0) is 18.7. The summed E-state index contributed by atoms with van der Waals surface area (Å²) < 4.78 is 16.9. The molecule has 3 heterocycles. The van der Waals surface area contributed by atoms with Crippen LogP contribution in [0.25, 0.3) is 15.0 Å². The first-order chi connectivity index (χ1) is 12.5. The predicted octanol–water partition coefficient (Wildman–Crippen LogP) is -1.90. The molecule has 8 heteroatoms. The van der Waals surface area contributed by atoms with Crippen molar-refractivity contribution in [3.05, 3.63) is 38.9 Å². The number of H-pyrrole nitrogens is 1. The van der Waals surface area contributed by atoms with Crippen LogP contribution in [0.3, 0.4) is 0 Å². The van der Waals surface area contributed by atoms with Crippen LogP contribution < -0.4 is 42.5 Å². The third-order valence-corrected chi connectivity index (χ3v) is 6.38. The Morgan fingerprint density at radius 1 is 1.35 bits per heavy atom. The van der Waals surface area contributed by atoms with Crippen molar-refractivity contribution in [2.75, 3.05) is 13.2 Å². The maximum atomic E-state index is 12.5. The van der Waals surface area contributed by atoms with E-state index in [1.54, 1.807) is 6.20 Å². The molecule has 7 nitrogen and oxygen atoms in total. The third kappa shape index (κ3) is 3.96. The number of aromatic amines is 1. The summed E-state index contributed by atoms with van der Waals surface area (Å²) in [7, 11) is 0. The normalized spacial score (nSPS) is 14.4. The standard InChI is InChI=1S/C18H22IN4O3/c1-5-13-14-15(23-19-13)17(24)22-16(21-14)12-7-10(3)8-20-18(12)26-11(4)9-25-6-2/h7-8,11H,5-6,9H2,1-4H3,(H,21,22,24)/q-1. The van der Waals surface area contributed by atoms with E-state index in [4.69, 9.17) is 14.5 Å². The van der Waals surface area contributed by atoms with Gasteiger partial charge in [-0.05, 0) is 0 Å². The molecule has 1 aliphatic rings. The molecule has 0 saturated carbocycles. The van der Waals surface area contributed by atoms with Crippen molar-refractivity contribution in [3.8, 4) is 17.3 Å². The molecular formula is C18H22IN4O3-. The Bertz CT molecular complexity index is 987. The average molecular weight is 469 g/mol. The topological polar surface area (TPSA) is 89.5 Å². The van der Waals surface area contributed by atoms with Crippen LogP contribution in [0.1, 0.15) is 32.8 Å². The van der Waals surface area contributed by atoms with Gasteiger partial charge in [0.1, 0.15) is 0 Å². The molecule has 26 heavy (non-hydrogen) atoms. The van der Waals surface area contributed by atoms with E-state index >= 15 is 0 Å². The van der Waals surface area contributed by atoms with E-state index in [1.165, 1.54) is 3.58 Å². The van der Waals surface area contributed by atoms with E-state index in [2.05, 4.69) is 20.1 Å². The first kappa shape index (κ1) is 19.0. The van der Waals surface area contributed by atoms with E-state index < -0.39 is 21.5 Å². The van der Waals surface area contributed by atoms with E-state index in [1.807, 2.05) is 26.8 Å². The van der Waals surface area contributed by atoms with Crippen LogP contribution in [-0.4, -0.2) is 34.3 Å². The quantitative estimate of drug-likeness (QED) is 0.479. The first-order valence-corrected chi connectivity index (χ1v) is 10.6. The van der Waals surface area contributed by atoms with E-state index in [0.717, 1.165) is 17.3 Å². The summed E-state index contributed by atoms with van der Waals surface area (Å²) in [5.41, 5.74) is 1.43. The van der Waals surface area contributed by atoms with Crippen LogP contribution in [0.2, 0.25) is 0 Å². The van der Waals surface area contributed by atoms with Gasteiger partial charge in [-0.1, -0.05) is 0 Å². The summed E-state index contributed by atoms with van der Waals surface area (Å²) in [4.78, 5) is 24.4. The molecule has 0 radical (unpaired) electrons. The Hall–Kier alpha value is -1.81. The zero-order valence-corrected chi connectivity index (χ0v) is 17.5. The molecule has 1 N–H and O–H groups in total. The monoisotopic (exact) mass is 469 g/mol. The van der Waals surface area contributed by atoms with Gasteiger partial charge in [0.05, 0.1) is 0 Å². The Labute approximate surface area is 162 Å². The number of aromatic nitrogens is 3. The fraction of sp³-hybridized carbons (Fsp3) is 0.444. The van der Waals surface area contributed by atoms with E-state index in [-0.39, 0.29) is 11.7 Å². The molecule has 2 aromatic heterocycles. The summed E-state index contributed by atoms with van der Waals surface area (Å²) in [6.45, 7) is 8.98. The number of hydrogen-bond donors (Lipinski definition) is 1. The molecule has 0 spiro atoms. The molecule has 0 aromatic carbocycles. The number of pyridine rings is 1. The second-order valence-corrected chi connectivity index (χ2v) is 8.26. The first-order valence-electron chi connectivity index (χ1n) is 8.60. The van der Waals surface area contributed by atoms with Crippen molar-refractivity contribution < 1.29 is 31.0 Å². The molecule has 0 bridgehead atoms. The molecule has 3 rings (SSSR count). The van der Waals surface area contributed by atoms with Crippen LogP contribution >= 0.6 is 0 Å². The average Bonchev–Trinajstić information content (AvgIpc) is 3.05. The van der Waals surface area contributed by atoms with Gasteiger partial charge in [0.2, 0.25) is 0 Å². The maximum absolute atomic E-state index is 12.5. The Balaban J connectivity index is 2.08. The minimum absolute atomic E-state index is 0.163. The van der Waals surface area contributed by atoms with Crippen LogP contribution in [0.15, 0.2) is 20.3 Å². The summed E-state index contributed by atoms with van der Waals surface area (Å²) in [6, 6.07) is 1.92. The zero-order valence-electron chi connectivity index (χ0n) is 15.3. The number of aryl methyl sites for hydroxylation is 1. The van der Waals surface area contributed by atoms with E-state index in [0.29, 0.717) is 35.8 Å².